The molecule has 6 aromatic carbocycles. The molecule has 10 rings (SSSR count). The van der Waals surface area contributed by atoms with Gasteiger partial charge < -0.3 is 9.80 Å². The molecule has 3 heterocycles. The summed E-state index contributed by atoms with van der Waals surface area (Å²) in [6, 6.07) is 52.0. The summed E-state index contributed by atoms with van der Waals surface area (Å²) in [4.78, 5) is 10.6. The highest BCUT2D eigenvalue weighted by molar-refractivity contribution is 8.01. The first-order valence-corrected chi connectivity index (χ1v) is 18.2. The van der Waals surface area contributed by atoms with Crippen LogP contribution in [0.25, 0.3) is 11.1 Å². The van der Waals surface area contributed by atoms with E-state index in [9.17, 15) is 0 Å². The van der Waals surface area contributed by atoms with Crippen LogP contribution < -0.4 is 26.2 Å². The largest absolute Gasteiger partial charge is 0.310 e. The van der Waals surface area contributed by atoms with Crippen molar-refractivity contribution in [2.24, 2.45) is 0 Å². The van der Waals surface area contributed by atoms with E-state index in [-0.39, 0.29) is 6.71 Å². The molecule has 0 aromatic heterocycles. The van der Waals surface area contributed by atoms with Crippen molar-refractivity contribution >= 4 is 69.4 Å². The van der Waals surface area contributed by atoms with Gasteiger partial charge in [-0.05, 0) is 96.9 Å². The number of hydrogen-bond acceptors (Lipinski definition) is 4. The van der Waals surface area contributed by atoms with Crippen LogP contribution in [0, 0.1) is 0 Å². The molecule has 224 valence electrons. The van der Waals surface area contributed by atoms with E-state index >= 15 is 0 Å². The van der Waals surface area contributed by atoms with Crippen molar-refractivity contribution in [3.05, 3.63) is 151 Å². The highest BCUT2D eigenvalue weighted by Gasteiger charge is 2.39. The third kappa shape index (κ3) is 4.37. The third-order valence-corrected chi connectivity index (χ3v) is 12.4. The zero-order chi connectivity index (χ0) is 30.9. The molecular formula is C42H31BN2S2. The van der Waals surface area contributed by atoms with Crippen molar-refractivity contribution in [2.45, 2.75) is 45.3 Å². The Bertz CT molecular complexity index is 2230. The van der Waals surface area contributed by atoms with Gasteiger partial charge in [0.1, 0.15) is 0 Å². The first kappa shape index (κ1) is 27.5. The first-order chi connectivity index (χ1) is 23.3. The Hall–Kier alpha value is -4.58. The Morgan fingerprint density at radius 1 is 0.447 bits per heavy atom. The van der Waals surface area contributed by atoms with Crippen LogP contribution in [0.1, 0.15) is 25.7 Å². The summed E-state index contributed by atoms with van der Waals surface area (Å²) >= 11 is 3.87. The fraction of sp³-hybridized carbons (Fsp3) is 0.0952. The zero-order valence-corrected chi connectivity index (χ0v) is 27.5. The molecule has 1 aliphatic carbocycles. The van der Waals surface area contributed by atoms with Crippen LogP contribution in [-0.2, 0) is 0 Å². The van der Waals surface area contributed by atoms with Gasteiger partial charge in [-0.15, -0.1) is 0 Å². The number of para-hydroxylation sites is 3. The van der Waals surface area contributed by atoms with Gasteiger partial charge in [-0.1, -0.05) is 119 Å². The standard InChI is InChI=1S/C42H31BN2S2/c1-3-12-28(13-4-1)29-22-25-38-33(26-29)43-32-24-23-31(27-41(32)47-40-21-11-20-39(46-38)42(40)43)45-36-18-9-7-16-34(36)44(30-14-5-2-6-15-30)35-17-8-10-19-37(35)45/h1-7,9,11-16,18,20-27H,8,10,17,19H2. The fourth-order valence-corrected chi connectivity index (χ4v) is 10.4. The number of rotatable bonds is 3. The van der Waals surface area contributed by atoms with Gasteiger partial charge in [-0.3, -0.25) is 0 Å². The minimum absolute atomic E-state index is 0.220. The normalized spacial score (nSPS) is 15.8. The monoisotopic (exact) mass is 638 g/mol. The maximum Gasteiger partial charge on any atom is 0.247 e. The summed E-state index contributed by atoms with van der Waals surface area (Å²) < 4.78 is 0. The van der Waals surface area contributed by atoms with Gasteiger partial charge >= 0.3 is 0 Å². The molecule has 0 N–H and O–H groups in total. The van der Waals surface area contributed by atoms with E-state index in [1.807, 2.05) is 23.5 Å². The molecule has 0 atom stereocenters. The predicted octanol–water partition coefficient (Wildman–Crippen LogP) is 9.87. The van der Waals surface area contributed by atoms with Crippen LogP contribution in [0.2, 0.25) is 0 Å². The number of hydrogen-bond donors (Lipinski definition) is 0. The minimum atomic E-state index is 0.220. The van der Waals surface area contributed by atoms with Crippen LogP contribution in [0.5, 0.6) is 0 Å². The Balaban J connectivity index is 1.13. The summed E-state index contributed by atoms with van der Waals surface area (Å²) in [7, 11) is 0. The van der Waals surface area contributed by atoms with Crippen molar-refractivity contribution in [1.82, 2.24) is 0 Å². The summed E-state index contributed by atoms with van der Waals surface area (Å²) in [5.74, 6) is 0. The van der Waals surface area contributed by atoms with Crippen LogP contribution in [0.3, 0.4) is 0 Å². The van der Waals surface area contributed by atoms with E-state index in [1.165, 1.54) is 94.1 Å². The van der Waals surface area contributed by atoms with E-state index in [0.717, 1.165) is 12.8 Å². The third-order valence-electron chi connectivity index (χ3n) is 10.1. The lowest BCUT2D eigenvalue weighted by Gasteiger charge is -2.44. The lowest BCUT2D eigenvalue weighted by Crippen LogP contribution is -2.58. The average molecular weight is 639 g/mol. The Kier molecular flexibility index (Phi) is 6.45. The lowest BCUT2D eigenvalue weighted by molar-refractivity contribution is 0.646. The quantitative estimate of drug-likeness (QED) is 0.178. The fourth-order valence-electron chi connectivity index (χ4n) is 8.02. The number of benzene rings is 6. The number of allylic oxidation sites excluding steroid dienone is 2. The molecule has 0 radical (unpaired) electrons. The van der Waals surface area contributed by atoms with Gasteiger partial charge in [0.25, 0.3) is 0 Å². The molecule has 5 heteroatoms. The van der Waals surface area contributed by atoms with E-state index in [4.69, 9.17) is 0 Å². The molecule has 4 aliphatic rings. The van der Waals surface area contributed by atoms with Crippen molar-refractivity contribution in [3.63, 3.8) is 0 Å². The molecule has 0 fully saturated rings. The highest BCUT2D eigenvalue weighted by atomic mass is 32.2. The van der Waals surface area contributed by atoms with Crippen LogP contribution >= 0.6 is 23.5 Å². The SMILES string of the molecule is c1ccc(-c2ccc3c(c2)B2c4ccc(N5C6=C(CCCC6)N(c6ccccc6)c6ccccc65)cc4Sc4cccc(c42)S3)cc1. The molecule has 0 spiro atoms. The van der Waals surface area contributed by atoms with Gasteiger partial charge in [-0.2, -0.15) is 0 Å². The van der Waals surface area contributed by atoms with Crippen LogP contribution in [0.4, 0.5) is 22.7 Å². The number of fused-ring (bicyclic) bond motifs is 5. The average Bonchev–Trinajstić information content (AvgIpc) is 3.14. The molecule has 0 unspecified atom stereocenters. The van der Waals surface area contributed by atoms with Crippen molar-refractivity contribution < 1.29 is 0 Å². The van der Waals surface area contributed by atoms with E-state index < -0.39 is 0 Å². The molecule has 3 aliphatic heterocycles. The first-order valence-electron chi connectivity index (χ1n) is 16.6. The lowest BCUT2D eigenvalue weighted by atomic mass is 9.36. The second-order valence-electron chi connectivity index (χ2n) is 12.7. The molecule has 2 nitrogen and oxygen atoms in total. The predicted molar refractivity (Wildman–Crippen MR) is 200 cm³/mol. The van der Waals surface area contributed by atoms with Gasteiger partial charge in [0.2, 0.25) is 6.71 Å². The van der Waals surface area contributed by atoms with E-state index in [1.54, 1.807) is 0 Å². The Labute approximate surface area is 285 Å². The van der Waals surface area contributed by atoms with Crippen LogP contribution in [-0.4, -0.2) is 6.71 Å². The van der Waals surface area contributed by atoms with Crippen molar-refractivity contribution in [3.8, 4) is 11.1 Å². The number of nitrogens with zero attached hydrogens (tertiary/aromatic N) is 2. The molecule has 0 bridgehead atoms. The smallest absolute Gasteiger partial charge is 0.247 e. The maximum absolute atomic E-state index is 2.58. The highest BCUT2D eigenvalue weighted by Crippen LogP contribution is 2.51. The maximum atomic E-state index is 2.58. The molecule has 6 aromatic rings. The minimum Gasteiger partial charge on any atom is -0.310 e. The Morgan fingerprint density at radius 3 is 1.81 bits per heavy atom. The van der Waals surface area contributed by atoms with Crippen molar-refractivity contribution in [1.29, 1.82) is 0 Å². The number of anilines is 4. The second kappa shape index (κ2) is 11.0. The molecular weight excluding hydrogens is 607 g/mol. The summed E-state index contributed by atoms with van der Waals surface area (Å²) in [5.41, 5.74) is 14.8. The Morgan fingerprint density at radius 2 is 1.09 bits per heavy atom. The van der Waals surface area contributed by atoms with E-state index in [0.29, 0.717) is 0 Å². The topological polar surface area (TPSA) is 6.48 Å². The van der Waals surface area contributed by atoms with Gasteiger partial charge in [-0.25, -0.2) is 0 Å². The molecule has 0 saturated heterocycles. The summed E-state index contributed by atoms with van der Waals surface area (Å²) in [6.45, 7) is 0.220. The van der Waals surface area contributed by atoms with Gasteiger partial charge in [0, 0.05) is 42.4 Å². The molecule has 47 heavy (non-hydrogen) atoms. The summed E-state index contributed by atoms with van der Waals surface area (Å²) in [6.07, 6.45) is 4.61. The second-order valence-corrected chi connectivity index (χ2v) is 14.9. The van der Waals surface area contributed by atoms with E-state index in [2.05, 4.69) is 149 Å². The molecule has 0 saturated carbocycles. The summed E-state index contributed by atoms with van der Waals surface area (Å²) in [5, 5.41) is 0. The van der Waals surface area contributed by atoms with Crippen molar-refractivity contribution in [2.75, 3.05) is 9.80 Å². The molecule has 0 amide bonds. The zero-order valence-electron chi connectivity index (χ0n) is 25.9. The van der Waals surface area contributed by atoms with Gasteiger partial charge in [0.05, 0.1) is 11.4 Å². The van der Waals surface area contributed by atoms with Gasteiger partial charge in [0.15, 0.2) is 0 Å². The van der Waals surface area contributed by atoms with Crippen LogP contribution in [0.15, 0.2) is 171 Å².